The van der Waals surface area contributed by atoms with Crippen LogP contribution >= 0.6 is 0 Å². The lowest BCUT2D eigenvalue weighted by molar-refractivity contribution is 0.0216. The number of fused-ring (bicyclic) bond motifs is 3. The number of hydrogen-bond donors (Lipinski definition) is 2. The third-order valence-corrected chi connectivity index (χ3v) is 5.40. The summed E-state index contributed by atoms with van der Waals surface area (Å²) >= 11 is 0. The van der Waals surface area contributed by atoms with Crippen LogP contribution in [0.2, 0.25) is 0 Å². The molecule has 3 saturated heterocycles. The molecule has 3 fully saturated rings. The topological polar surface area (TPSA) is 61.0 Å². The third kappa shape index (κ3) is 2.71. The number of nitrogens with one attached hydrogen (secondary N) is 2. The monoisotopic (exact) mass is 328 g/mol. The van der Waals surface area contributed by atoms with Crippen LogP contribution in [-0.2, 0) is 0 Å². The molecule has 5 heterocycles. The number of halogens is 1. The number of carbonyl (C=O) groups is 1. The Kier molecular flexibility index (Phi) is 3.84. The van der Waals surface area contributed by atoms with Gasteiger partial charge in [0.05, 0.1) is 11.4 Å². The molecule has 0 saturated carbocycles. The molecule has 2 aromatic heterocycles. The summed E-state index contributed by atoms with van der Waals surface area (Å²) in [5, 5.41) is 3.19. The van der Waals surface area contributed by atoms with Crippen LogP contribution in [-0.4, -0.2) is 45.9 Å². The maximum Gasteiger partial charge on any atom is 0.267 e. The summed E-state index contributed by atoms with van der Waals surface area (Å²) in [5.74, 6) is -0.0780. The van der Waals surface area contributed by atoms with Crippen molar-refractivity contribution in [3.05, 3.63) is 42.0 Å². The van der Waals surface area contributed by atoms with Crippen LogP contribution in [0.4, 0.5) is 4.39 Å². The zero-order chi connectivity index (χ0) is 16.7. The highest BCUT2D eigenvalue weighted by Gasteiger charge is 2.40. The molecule has 5 rings (SSSR count). The Labute approximate surface area is 140 Å². The van der Waals surface area contributed by atoms with E-state index in [1.807, 2.05) is 0 Å². The number of carbonyl (C=O) groups excluding carboxylic acids is 1. The molecule has 0 radical (unpaired) electrons. The molecule has 0 unspecified atom stereocenters. The van der Waals surface area contributed by atoms with Gasteiger partial charge in [-0.15, -0.1) is 0 Å². The van der Waals surface area contributed by atoms with Gasteiger partial charge in [-0.3, -0.25) is 9.69 Å². The maximum absolute atomic E-state index is 13.2. The summed E-state index contributed by atoms with van der Waals surface area (Å²) in [5.41, 5.74) is 1.62. The molecular formula is C18H21FN4O. The van der Waals surface area contributed by atoms with Crippen molar-refractivity contribution in [2.45, 2.75) is 31.8 Å². The van der Waals surface area contributed by atoms with E-state index in [-0.39, 0.29) is 11.9 Å². The Morgan fingerprint density at radius 1 is 1.29 bits per heavy atom. The number of H-pyrrole nitrogens is 1. The van der Waals surface area contributed by atoms with Crippen LogP contribution in [0.25, 0.3) is 11.4 Å². The molecule has 5 nitrogen and oxygen atoms in total. The molecular weight excluding hydrogens is 307 g/mol. The number of hydrogen-bond acceptors (Lipinski definition) is 3. The number of rotatable bonds is 3. The molecule has 1 amide bonds. The van der Waals surface area contributed by atoms with Crippen molar-refractivity contribution in [1.29, 1.82) is 0 Å². The van der Waals surface area contributed by atoms with E-state index in [0.29, 0.717) is 29.0 Å². The van der Waals surface area contributed by atoms with E-state index < -0.39 is 5.95 Å². The van der Waals surface area contributed by atoms with Crippen LogP contribution in [0.15, 0.2) is 30.3 Å². The fourth-order valence-electron chi connectivity index (χ4n) is 4.01. The van der Waals surface area contributed by atoms with E-state index in [1.165, 1.54) is 6.07 Å². The second-order valence-corrected chi connectivity index (χ2v) is 6.74. The van der Waals surface area contributed by atoms with Gasteiger partial charge in [-0.05, 0) is 63.0 Å². The molecule has 2 bridgehead atoms. The lowest BCUT2D eigenvalue weighted by Crippen LogP contribution is -2.62. The number of pyridine rings is 1. The highest BCUT2D eigenvalue weighted by atomic mass is 19.1. The zero-order valence-corrected chi connectivity index (χ0v) is 13.6. The Morgan fingerprint density at radius 3 is 2.79 bits per heavy atom. The van der Waals surface area contributed by atoms with Crippen molar-refractivity contribution >= 4 is 5.91 Å². The first-order valence-corrected chi connectivity index (χ1v) is 8.48. The van der Waals surface area contributed by atoms with Crippen LogP contribution in [0.1, 0.15) is 30.3 Å². The number of amides is 1. The molecule has 2 aromatic rings. The minimum Gasteiger partial charge on any atom is -0.349 e. The lowest BCUT2D eigenvalue weighted by Gasteiger charge is -2.49. The van der Waals surface area contributed by atoms with Crippen LogP contribution in [0, 0.1) is 11.9 Å². The van der Waals surface area contributed by atoms with E-state index in [1.54, 1.807) is 24.3 Å². The van der Waals surface area contributed by atoms with E-state index in [0.717, 1.165) is 25.9 Å². The van der Waals surface area contributed by atoms with Gasteiger partial charge >= 0.3 is 0 Å². The summed E-state index contributed by atoms with van der Waals surface area (Å²) in [7, 11) is 0. The van der Waals surface area contributed by atoms with E-state index in [9.17, 15) is 9.18 Å². The first-order valence-electron chi connectivity index (χ1n) is 8.48. The Bertz CT molecular complexity index is 749. The van der Waals surface area contributed by atoms with E-state index >= 15 is 0 Å². The molecule has 0 aliphatic carbocycles. The summed E-state index contributed by atoms with van der Waals surface area (Å²) in [6, 6.07) is 8.67. The number of aromatic amines is 1. The Hall–Kier alpha value is -2.21. The van der Waals surface area contributed by atoms with Gasteiger partial charge in [-0.2, -0.15) is 4.39 Å². The van der Waals surface area contributed by atoms with Crippen molar-refractivity contribution in [1.82, 2.24) is 20.2 Å². The van der Waals surface area contributed by atoms with Crippen molar-refractivity contribution in [2.75, 3.05) is 13.1 Å². The molecule has 2 N–H and O–H groups in total. The standard InChI is InChI=1S/C18H21FN4O/c1-11-17(12-7-9-23(11)10-8-12)22-18(24)15-6-5-14(20-15)13-3-2-4-16(19)21-13/h2-6,11-12,17,20H,7-10H2,1H3,(H,22,24)/t11-,17+/m1/s1. The smallest absolute Gasteiger partial charge is 0.267 e. The molecule has 0 aromatic carbocycles. The van der Waals surface area contributed by atoms with Crippen molar-refractivity contribution in [3.8, 4) is 11.4 Å². The van der Waals surface area contributed by atoms with Gasteiger partial charge in [0.2, 0.25) is 5.95 Å². The number of piperidine rings is 3. The predicted molar refractivity (Wildman–Crippen MR) is 89.0 cm³/mol. The summed E-state index contributed by atoms with van der Waals surface area (Å²) in [6.45, 7) is 4.46. The van der Waals surface area contributed by atoms with Gasteiger partial charge in [0.1, 0.15) is 5.69 Å². The largest absolute Gasteiger partial charge is 0.349 e. The number of nitrogens with zero attached hydrogens (tertiary/aromatic N) is 2. The summed E-state index contributed by atoms with van der Waals surface area (Å²) < 4.78 is 13.2. The SMILES string of the molecule is C[C@@H]1[C@H](NC(=O)c2ccc(-c3cccc(F)n3)[nH]2)C2CCN1CC2. The molecule has 2 atom stereocenters. The van der Waals surface area contributed by atoms with Crippen LogP contribution in [0.5, 0.6) is 0 Å². The zero-order valence-electron chi connectivity index (χ0n) is 13.6. The minimum absolute atomic E-state index is 0.108. The van der Waals surface area contributed by atoms with Crippen LogP contribution in [0.3, 0.4) is 0 Å². The van der Waals surface area contributed by atoms with Gasteiger partial charge in [-0.1, -0.05) is 6.07 Å². The fraction of sp³-hybridized carbons (Fsp3) is 0.444. The van der Waals surface area contributed by atoms with E-state index in [4.69, 9.17) is 0 Å². The van der Waals surface area contributed by atoms with Gasteiger partial charge in [0, 0.05) is 12.1 Å². The predicted octanol–water partition coefficient (Wildman–Crippen LogP) is 2.43. The molecule has 126 valence electrons. The third-order valence-electron chi connectivity index (χ3n) is 5.40. The van der Waals surface area contributed by atoms with Crippen molar-refractivity contribution < 1.29 is 9.18 Å². The van der Waals surface area contributed by atoms with Gasteiger partial charge in [0.25, 0.3) is 5.91 Å². The maximum atomic E-state index is 13.2. The minimum atomic E-state index is -0.533. The fourth-order valence-corrected chi connectivity index (χ4v) is 4.01. The van der Waals surface area contributed by atoms with Crippen molar-refractivity contribution in [3.63, 3.8) is 0 Å². The van der Waals surface area contributed by atoms with Gasteiger partial charge in [0.15, 0.2) is 0 Å². The highest BCUT2D eigenvalue weighted by Crippen LogP contribution is 2.32. The molecule has 6 heteroatoms. The number of aromatic nitrogens is 2. The summed E-state index contributed by atoms with van der Waals surface area (Å²) in [4.78, 5) is 21.9. The second kappa shape index (κ2) is 6.02. The summed E-state index contributed by atoms with van der Waals surface area (Å²) in [6.07, 6.45) is 2.30. The van der Waals surface area contributed by atoms with Gasteiger partial charge in [-0.25, -0.2) is 4.98 Å². The second-order valence-electron chi connectivity index (χ2n) is 6.74. The molecule has 24 heavy (non-hydrogen) atoms. The molecule has 3 aliphatic rings. The first-order chi connectivity index (χ1) is 11.6. The van der Waals surface area contributed by atoms with Crippen LogP contribution < -0.4 is 5.32 Å². The lowest BCUT2D eigenvalue weighted by atomic mass is 9.79. The average molecular weight is 328 g/mol. The molecule has 0 spiro atoms. The Morgan fingerprint density at radius 2 is 2.08 bits per heavy atom. The van der Waals surface area contributed by atoms with Crippen molar-refractivity contribution in [2.24, 2.45) is 5.92 Å². The van der Waals surface area contributed by atoms with Gasteiger partial charge < -0.3 is 10.3 Å². The molecule has 3 aliphatic heterocycles. The average Bonchev–Trinajstić information content (AvgIpc) is 3.09. The Balaban J connectivity index is 1.49. The quantitative estimate of drug-likeness (QED) is 0.851. The first kappa shape index (κ1) is 15.3. The normalized spacial score (nSPS) is 28.8. The van der Waals surface area contributed by atoms with E-state index in [2.05, 4.69) is 27.1 Å². The highest BCUT2D eigenvalue weighted by molar-refractivity contribution is 5.93.